The van der Waals surface area contributed by atoms with Gasteiger partial charge in [0.1, 0.15) is 18.7 Å². The Morgan fingerprint density at radius 3 is 2.72 bits per heavy atom. The van der Waals surface area contributed by atoms with Crippen molar-refractivity contribution >= 4 is 12.0 Å². The van der Waals surface area contributed by atoms with Crippen LogP contribution >= 0.6 is 0 Å². The van der Waals surface area contributed by atoms with Crippen molar-refractivity contribution in [3.05, 3.63) is 101 Å². The van der Waals surface area contributed by atoms with E-state index in [1.807, 2.05) is 18.2 Å². The number of carbonyl (C=O) groups is 1. The van der Waals surface area contributed by atoms with Gasteiger partial charge in [-0.25, -0.2) is 4.39 Å². The van der Waals surface area contributed by atoms with Gasteiger partial charge in [0.2, 0.25) is 0 Å². The molecule has 1 aromatic rings. The smallest absolute Gasteiger partial charge is 0.124 e. The van der Waals surface area contributed by atoms with E-state index in [9.17, 15) is 9.18 Å². The lowest BCUT2D eigenvalue weighted by molar-refractivity contribution is -0.107. The SMILES string of the molecule is C/C1=C/C/C=C\C=C/CN1CC1=CCC=C(CNc2ccc(CCC=O)c(CF)c2)C=C1OC(C)C. The molecule has 1 aliphatic heterocycles. The van der Waals surface area contributed by atoms with Crippen LogP contribution in [0.5, 0.6) is 0 Å². The van der Waals surface area contributed by atoms with Gasteiger partial charge >= 0.3 is 0 Å². The predicted octanol–water partition coefficient (Wildman–Crippen LogP) is 6.99. The first kappa shape index (κ1) is 27.3. The number of aldehydes is 1. The highest BCUT2D eigenvalue weighted by Crippen LogP contribution is 2.25. The summed E-state index contributed by atoms with van der Waals surface area (Å²) in [6.07, 6.45) is 21.1. The lowest BCUT2D eigenvalue weighted by atomic mass is 10.0. The molecule has 1 aromatic carbocycles. The van der Waals surface area contributed by atoms with Crippen LogP contribution in [0.3, 0.4) is 0 Å². The number of anilines is 1. The minimum absolute atomic E-state index is 0.0641. The van der Waals surface area contributed by atoms with Crippen molar-refractivity contribution in [1.82, 2.24) is 4.90 Å². The van der Waals surface area contributed by atoms with Crippen LogP contribution in [0.1, 0.15) is 51.2 Å². The summed E-state index contributed by atoms with van der Waals surface area (Å²) in [6.45, 7) is 7.97. The highest BCUT2D eigenvalue weighted by atomic mass is 19.1. The number of benzene rings is 1. The Morgan fingerprint density at radius 1 is 1.11 bits per heavy atom. The lowest BCUT2D eigenvalue weighted by Crippen LogP contribution is -2.26. The predicted molar refractivity (Wildman–Crippen MR) is 147 cm³/mol. The number of aryl methyl sites for hydroxylation is 1. The Morgan fingerprint density at radius 2 is 1.94 bits per heavy atom. The summed E-state index contributed by atoms with van der Waals surface area (Å²) in [4.78, 5) is 13.1. The summed E-state index contributed by atoms with van der Waals surface area (Å²) >= 11 is 0. The van der Waals surface area contributed by atoms with Crippen LogP contribution in [0.2, 0.25) is 0 Å². The first-order valence-electron chi connectivity index (χ1n) is 12.9. The van der Waals surface area contributed by atoms with Crippen LogP contribution in [0, 0.1) is 0 Å². The number of ether oxygens (including phenoxy) is 1. The number of hydrogen-bond donors (Lipinski definition) is 1. The number of alkyl halides is 1. The molecule has 0 radical (unpaired) electrons. The summed E-state index contributed by atoms with van der Waals surface area (Å²) in [5.41, 5.74) is 5.97. The van der Waals surface area contributed by atoms with Gasteiger partial charge < -0.3 is 19.7 Å². The molecule has 0 atom stereocenters. The molecule has 3 rings (SSSR count). The van der Waals surface area contributed by atoms with Crippen LogP contribution in [0.4, 0.5) is 10.1 Å². The molecule has 4 nitrogen and oxygen atoms in total. The molecule has 0 aromatic heterocycles. The van der Waals surface area contributed by atoms with Gasteiger partial charge in [-0.2, -0.15) is 0 Å². The van der Waals surface area contributed by atoms with E-state index in [2.05, 4.69) is 79.6 Å². The molecule has 192 valence electrons. The van der Waals surface area contributed by atoms with E-state index in [1.54, 1.807) is 0 Å². The van der Waals surface area contributed by atoms with Crippen molar-refractivity contribution < 1.29 is 13.9 Å². The Bertz CT molecular complexity index is 1080. The van der Waals surface area contributed by atoms with Crippen molar-refractivity contribution in [2.45, 2.75) is 59.2 Å². The quantitative estimate of drug-likeness (QED) is 0.340. The minimum Gasteiger partial charge on any atom is -0.491 e. The van der Waals surface area contributed by atoms with Crippen LogP contribution in [0.25, 0.3) is 0 Å². The largest absolute Gasteiger partial charge is 0.491 e. The van der Waals surface area contributed by atoms with Gasteiger partial charge in [-0.15, -0.1) is 0 Å². The second-order valence-electron chi connectivity index (χ2n) is 9.41. The third-order valence-corrected chi connectivity index (χ3v) is 6.24. The van der Waals surface area contributed by atoms with Crippen molar-refractivity contribution in [1.29, 1.82) is 0 Å². The Balaban J connectivity index is 1.73. The Hall–Kier alpha value is -3.34. The summed E-state index contributed by atoms with van der Waals surface area (Å²) < 4.78 is 19.9. The topological polar surface area (TPSA) is 41.6 Å². The van der Waals surface area contributed by atoms with E-state index in [-0.39, 0.29) is 6.10 Å². The molecular weight excluding hydrogens is 451 g/mol. The van der Waals surface area contributed by atoms with Gasteiger partial charge in [0.05, 0.1) is 6.10 Å². The van der Waals surface area contributed by atoms with Crippen LogP contribution in [0.15, 0.2) is 89.4 Å². The van der Waals surface area contributed by atoms with E-state index in [4.69, 9.17) is 4.74 Å². The molecule has 0 bridgehead atoms. The normalized spacial score (nSPS) is 19.4. The maximum absolute atomic E-state index is 13.6. The molecule has 1 N–H and O–H groups in total. The molecule has 1 aliphatic carbocycles. The first-order chi connectivity index (χ1) is 17.5. The van der Waals surface area contributed by atoms with Gasteiger partial charge in [-0.3, -0.25) is 0 Å². The monoisotopic (exact) mass is 490 g/mol. The number of hydrogen-bond acceptors (Lipinski definition) is 4. The third-order valence-electron chi connectivity index (χ3n) is 6.24. The number of allylic oxidation sites excluding steroid dienone is 7. The molecule has 0 amide bonds. The number of halogens is 1. The third kappa shape index (κ3) is 8.40. The summed E-state index contributed by atoms with van der Waals surface area (Å²) in [5, 5.41) is 3.44. The molecule has 0 unspecified atom stereocenters. The average molecular weight is 491 g/mol. The Kier molecular flexibility index (Phi) is 10.8. The van der Waals surface area contributed by atoms with Crippen molar-refractivity contribution in [3.63, 3.8) is 0 Å². The van der Waals surface area contributed by atoms with E-state index in [1.165, 1.54) is 11.3 Å². The zero-order valence-corrected chi connectivity index (χ0v) is 21.8. The standard InChI is InChI=1S/C31H39FN2O2/c1-24(2)36-31-19-26(22-33-30-16-15-27(14-10-18-35)29(20-30)21-32)12-9-13-28(31)23-34-17-8-6-4-5-7-11-25(34)3/h4-6,8,11-13,15-16,18-20,24,33H,7,9-10,14,17,21-23H2,1-3H3/b5-4-,8-6-,25-11-. The van der Waals surface area contributed by atoms with E-state index < -0.39 is 6.67 Å². The highest BCUT2D eigenvalue weighted by molar-refractivity contribution is 5.53. The molecule has 1 heterocycles. The van der Waals surface area contributed by atoms with Crippen LogP contribution < -0.4 is 5.32 Å². The minimum atomic E-state index is -0.540. The number of nitrogens with zero attached hydrogens (tertiary/aromatic N) is 1. The molecule has 0 fully saturated rings. The fourth-order valence-electron chi connectivity index (χ4n) is 4.26. The molecule has 0 saturated carbocycles. The zero-order chi connectivity index (χ0) is 25.8. The zero-order valence-electron chi connectivity index (χ0n) is 21.8. The van der Waals surface area contributed by atoms with Crippen molar-refractivity contribution in [2.75, 3.05) is 25.0 Å². The summed E-state index contributed by atoms with van der Waals surface area (Å²) in [6, 6.07) is 5.71. The summed E-state index contributed by atoms with van der Waals surface area (Å²) in [5.74, 6) is 0.902. The second kappa shape index (κ2) is 14.3. The lowest BCUT2D eigenvalue weighted by Gasteiger charge is -2.27. The molecular formula is C31H39FN2O2. The van der Waals surface area contributed by atoms with E-state index in [0.717, 1.165) is 54.8 Å². The van der Waals surface area contributed by atoms with Gasteiger partial charge in [0.25, 0.3) is 0 Å². The second-order valence-corrected chi connectivity index (χ2v) is 9.41. The fourth-order valence-corrected chi connectivity index (χ4v) is 4.26. The average Bonchev–Trinajstić information content (AvgIpc) is 2.98. The van der Waals surface area contributed by atoms with Crippen LogP contribution in [-0.2, 0) is 22.6 Å². The number of carbonyl (C=O) groups excluding carboxylic acids is 1. The highest BCUT2D eigenvalue weighted by Gasteiger charge is 2.16. The fraction of sp³-hybridized carbons (Fsp3) is 0.387. The van der Waals surface area contributed by atoms with Crippen LogP contribution in [-0.4, -0.2) is 36.9 Å². The van der Waals surface area contributed by atoms with Crippen molar-refractivity contribution in [2.24, 2.45) is 0 Å². The molecule has 2 aliphatic rings. The number of rotatable bonds is 11. The Labute approximate surface area is 215 Å². The maximum atomic E-state index is 13.6. The molecule has 5 heteroatoms. The number of nitrogens with one attached hydrogen (secondary N) is 1. The maximum Gasteiger partial charge on any atom is 0.124 e. The van der Waals surface area contributed by atoms with Gasteiger partial charge in [0.15, 0.2) is 0 Å². The first-order valence-corrected chi connectivity index (χ1v) is 12.9. The van der Waals surface area contributed by atoms with E-state index >= 15 is 0 Å². The summed E-state index contributed by atoms with van der Waals surface area (Å²) in [7, 11) is 0. The van der Waals surface area contributed by atoms with Gasteiger partial charge in [-0.05, 0) is 74.9 Å². The van der Waals surface area contributed by atoms with Gasteiger partial charge in [0, 0.05) is 43.0 Å². The molecule has 36 heavy (non-hydrogen) atoms. The van der Waals surface area contributed by atoms with Crippen molar-refractivity contribution in [3.8, 4) is 0 Å². The molecule has 0 spiro atoms. The molecule has 0 saturated heterocycles. The van der Waals surface area contributed by atoms with Gasteiger partial charge in [-0.1, -0.05) is 48.6 Å². The van der Waals surface area contributed by atoms with E-state index in [0.29, 0.717) is 24.9 Å².